The number of hydrogen-bond acceptors (Lipinski definition) is 1. The highest BCUT2D eigenvalue weighted by molar-refractivity contribution is 4.75. The van der Waals surface area contributed by atoms with Gasteiger partial charge in [-0.3, -0.25) is 0 Å². The monoisotopic (exact) mass is 158 g/mol. The molecule has 1 rings (SSSR count). The Balaban J connectivity index is 2.37. The predicted octanol–water partition coefficient (Wildman–Crippen LogP) is 0.854. The van der Waals surface area contributed by atoms with Gasteiger partial charge in [-0.25, -0.2) is 0 Å². The van der Waals surface area contributed by atoms with Crippen molar-refractivity contribution in [3.8, 4) is 0 Å². The molecule has 0 bridgehead atoms. The van der Waals surface area contributed by atoms with Crippen LogP contribution in [0.4, 0.5) is 0 Å². The Kier molecular flexibility index (Phi) is 2.55. The smallest absolute Gasteiger partial charge is 0.0834 e. The highest BCUT2D eigenvalue weighted by Crippen LogP contribution is 2.26. The van der Waals surface area contributed by atoms with Gasteiger partial charge in [0, 0.05) is 5.92 Å². The molecule has 1 fully saturated rings. The fraction of sp³-hybridized carbons (Fsp3) is 1.00. The standard InChI is InChI=1S/C9H20NO/c1-10(2,3)7-8-5-4-6-9(8)11/h8-9,11H,4-7H2,1-3H3/q+1/t8-,9+/m0/s1. The number of hydrogen-bond donors (Lipinski definition) is 1. The molecule has 0 heterocycles. The summed E-state index contributed by atoms with van der Waals surface area (Å²) in [5.41, 5.74) is 0. The number of nitrogens with zero attached hydrogens (tertiary/aromatic N) is 1. The van der Waals surface area contributed by atoms with Gasteiger partial charge in [-0.15, -0.1) is 0 Å². The van der Waals surface area contributed by atoms with Crippen molar-refractivity contribution in [2.45, 2.75) is 25.4 Å². The van der Waals surface area contributed by atoms with Crippen LogP contribution in [0, 0.1) is 5.92 Å². The minimum atomic E-state index is -0.0210. The molecule has 2 atom stereocenters. The van der Waals surface area contributed by atoms with E-state index < -0.39 is 0 Å². The SMILES string of the molecule is C[N+](C)(C)C[C@@H]1CCC[C@H]1O. The van der Waals surface area contributed by atoms with Gasteiger partial charge in [0.15, 0.2) is 0 Å². The first-order valence-corrected chi connectivity index (χ1v) is 4.47. The summed E-state index contributed by atoms with van der Waals surface area (Å²) < 4.78 is 0.974. The quantitative estimate of drug-likeness (QED) is 0.591. The first kappa shape index (κ1) is 9.01. The summed E-state index contributed by atoms with van der Waals surface area (Å²) in [7, 11) is 6.56. The average Bonchev–Trinajstić information content (AvgIpc) is 2.12. The summed E-state index contributed by atoms with van der Waals surface area (Å²) in [5, 5.41) is 9.54. The van der Waals surface area contributed by atoms with Crippen LogP contribution in [0.25, 0.3) is 0 Å². The molecule has 2 nitrogen and oxygen atoms in total. The zero-order valence-electron chi connectivity index (χ0n) is 7.88. The first-order chi connectivity index (χ1) is 4.99. The summed E-state index contributed by atoms with van der Waals surface area (Å²) in [6.45, 7) is 1.11. The van der Waals surface area contributed by atoms with Gasteiger partial charge in [-0.2, -0.15) is 0 Å². The van der Waals surface area contributed by atoms with Crippen molar-refractivity contribution in [3.05, 3.63) is 0 Å². The van der Waals surface area contributed by atoms with Crippen molar-refractivity contribution in [2.24, 2.45) is 5.92 Å². The molecule has 0 aromatic heterocycles. The maximum atomic E-state index is 9.54. The molecule has 0 aliphatic heterocycles. The highest BCUT2D eigenvalue weighted by Gasteiger charge is 2.29. The second kappa shape index (κ2) is 3.11. The van der Waals surface area contributed by atoms with Crippen molar-refractivity contribution in [1.29, 1.82) is 0 Å². The summed E-state index contributed by atoms with van der Waals surface area (Å²) >= 11 is 0. The van der Waals surface area contributed by atoms with Gasteiger partial charge < -0.3 is 9.59 Å². The average molecular weight is 158 g/mol. The molecule has 66 valence electrons. The van der Waals surface area contributed by atoms with Gasteiger partial charge in [0.25, 0.3) is 0 Å². The molecular formula is C9H20NO+. The molecule has 0 spiro atoms. The Morgan fingerprint density at radius 1 is 1.27 bits per heavy atom. The van der Waals surface area contributed by atoms with Crippen LogP contribution in [0.5, 0.6) is 0 Å². The maximum absolute atomic E-state index is 9.54. The molecule has 0 aromatic carbocycles. The van der Waals surface area contributed by atoms with Gasteiger partial charge in [0.1, 0.15) is 0 Å². The second-order valence-electron chi connectivity index (χ2n) is 4.73. The third-order valence-electron chi connectivity index (χ3n) is 2.40. The summed E-state index contributed by atoms with van der Waals surface area (Å²) in [4.78, 5) is 0. The topological polar surface area (TPSA) is 20.2 Å². The molecular weight excluding hydrogens is 138 g/mol. The number of aliphatic hydroxyl groups is 1. The Labute approximate surface area is 69.4 Å². The normalized spacial score (nSPS) is 32.7. The van der Waals surface area contributed by atoms with Crippen LogP contribution in [-0.4, -0.2) is 43.4 Å². The lowest BCUT2D eigenvalue weighted by Gasteiger charge is -2.28. The van der Waals surface area contributed by atoms with Crippen LogP contribution in [0.1, 0.15) is 19.3 Å². The largest absolute Gasteiger partial charge is 0.393 e. The predicted molar refractivity (Wildman–Crippen MR) is 46.2 cm³/mol. The highest BCUT2D eigenvalue weighted by atomic mass is 16.3. The summed E-state index contributed by atoms with van der Waals surface area (Å²) in [6, 6.07) is 0. The van der Waals surface area contributed by atoms with E-state index in [0.717, 1.165) is 17.4 Å². The van der Waals surface area contributed by atoms with Gasteiger partial charge in [-0.05, 0) is 12.8 Å². The second-order valence-corrected chi connectivity index (χ2v) is 4.73. The molecule has 0 unspecified atom stereocenters. The van der Waals surface area contributed by atoms with Crippen molar-refractivity contribution in [3.63, 3.8) is 0 Å². The zero-order chi connectivity index (χ0) is 8.48. The molecule has 0 amide bonds. The number of quaternary nitrogens is 1. The van der Waals surface area contributed by atoms with E-state index in [-0.39, 0.29) is 6.10 Å². The molecule has 2 heteroatoms. The Morgan fingerprint density at radius 2 is 1.91 bits per heavy atom. The third-order valence-corrected chi connectivity index (χ3v) is 2.40. The van der Waals surface area contributed by atoms with E-state index in [9.17, 15) is 5.11 Å². The van der Waals surface area contributed by atoms with Crippen LogP contribution >= 0.6 is 0 Å². The van der Waals surface area contributed by atoms with E-state index in [2.05, 4.69) is 21.1 Å². The Morgan fingerprint density at radius 3 is 2.27 bits per heavy atom. The van der Waals surface area contributed by atoms with Crippen molar-refractivity contribution in [2.75, 3.05) is 27.7 Å². The van der Waals surface area contributed by atoms with Crippen molar-refractivity contribution >= 4 is 0 Å². The number of aliphatic hydroxyl groups excluding tert-OH is 1. The van der Waals surface area contributed by atoms with Gasteiger partial charge in [-0.1, -0.05) is 6.42 Å². The lowest BCUT2D eigenvalue weighted by molar-refractivity contribution is -0.874. The van der Waals surface area contributed by atoms with E-state index >= 15 is 0 Å². The fourth-order valence-corrected chi connectivity index (χ4v) is 1.93. The molecule has 1 saturated carbocycles. The number of rotatable bonds is 2. The van der Waals surface area contributed by atoms with E-state index in [1.54, 1.807) is 0 Å². The minimum absolute atomic E-state index is 0.0210. The molecule has 0 radical (unpaired) electrons. The van der Waals surface area contributed by atoms with Crippen LogP contribution in [0.2, 0.25) is 0 Å². The Bertz CT molecular complexity index is 128. The molecule has 11 heavy (non-hydrogen) atoms. The summed E-state index contributed by atoms with van der Waals surface area (Å²) in [5.74, 6) is 0.551. The summed E-state index contributed by atoms with van der Waals surface area (Å²) in [6.07, 6.45) is 3.43. The van der Waals surface area contributed by atoms with Crippen LogP contribution < -0.4 is 0 Å². The third kappa shape index (κ3) is 2.80. The minimum Gasteiger partial charge on any atom is -0.393 e. The van der Waals surface area contributed by atoms with Gasteiger partial charge >= 0.3 is 0 Å². The van der Waals surface area contributed by atoms with Crippen LogP contribution in [0.15, 0.2) is 0 Å². The molecule has 1 aliphatic carbocycles. The van der Waals surface area contributed by atoms with E-state index in [1.165, 1.54) is 12.8 Å². The molecule has 1 N–H and O–H groups in total. The van der Waals surface area contributed by atoms with Gasteiger partial charge in [0.2, 0.25) is 0 Å². The first-order valence-electron chi connectivity index (χ1n) is 4.47. The fourth-order valence-electron chi connectivity index (χ4n) is 1.93. The van der Waals surface area contributed by atoms with Gasteiger partial charge in [0.05, 0.1) is 33.8 Å². The van der Waals surface area contributed by atoms with Crippen LogP contribution in [0.3, 0.4) is 0 Å². The van der Waals surface area contributed by atoms with E-state index in [0.29, 0.717) is 5.92 Å². The lowest BCUT2D eigenvalue weighted by Crippen LogP contribution is -2.41. The maximum Gasteiger partial charge on any atom is 0.0834 e. The van der Waals surface area contributed by atoms with Crippen LogP contribution in [-0.2, 0) is 0 Å². The Hall–Kier alpha value is -0.0800. The molecule has 0 aromatic rings. The molecule has 0 saturated heterocycles. The van der Waals surface area contributed by atoms with Crippen molar-refractivity contribution in [1.82, 2.24) is 0 Å². The zero-order valence-corrected chi connectivity index (χ0v) is 7.88. The van der Waals surface area contributed by atoms with E-state index in [4.69, 9.17) is 0 Å². The molecule has 1 aliphatic rings. The van der Waals surface area contributed by atoms with E-state index in [1.807, 2.05) is 0 Å². The lowest BCUT2D eigenvalue weighted by atomic mass is 10.1. The van der Waals surface area contributed by atoms with Crippen molar-refractivity contribution < 1.29 is 9.59 Å².